The van der Waals surface area contributed by atoms with Crippen molar-refractivity contribution in [2.24, 2.45) is 0 Å². The molecule has 7 heteroatoms. The maximum atomic E-state index is 12.6. The minimum absolute atomic E-state index is 0.0303. The molecule has 0 radical (unpaired) electrons. The topological polar surface area (TPSA) is 69.8 Å². The van der Waals surface area contributed by atoms with E-state index in [9.17, 15) is 13.2 Å². The van der Waals surface area contributed by atoms with Gasteiger partial charge in [-0.15, -0.1) is 0 Å². The van der Waals surface area contributed by atoms with Crippen LogP contribution in [0.25, 0.3) is 0 Å². The van der Waals surface area contributed by atoms with Crippen LogP contribution in [-0.2, 0) is 14.6 Å². The Labute approximate surface area is 137 Å². The molecule has 0 saturated carbocycles. The second-order valence-corrected chi connectivity index (χ2v) is 8.90. The maximum absolute atomic E-state index is 12.6. The summed E-state index contributed by atoms with van der Waals surface area (Å²) in [6.45, 7) is 7.52. The van der Waals surface area contributed by atoms with Crippen molar-refractivity contribution in [1.82, 2.24) is 4.57 Å². The molecule has 1 N–H and O–H groups in total. The van der Waals surface area contributed by atoms with E-state index in [0.717, 1.165) is 30.0 Å². The first-order valence-electron chi connectivity index (χ1n) is 8.21. The average Bonchev–Trinajstić information content (AvgIpc) is 2.99. The van der Waals surface area contributed by atoms with Crippen LogP contribution in [0.4, 0.5) is 0 Å². The van der Waals surface area contributed by atoms with E-state index in [1.165, 1.54) is 4.90 Å². The number of hydrogen-bond acceptors (Lipinski definition) is 4. The van der Waals surface area contributed by atoms with E-state index >= 15 is 0 Å². The molecule has 6 nitrogen and oxygen atoms in total. The number of hydrogen-bond donors (Lipinski definition) is 1. The van der Waals surface area contributed by atoms with Crippen molar-refractivity contribution in [3.63, 3.8) is 0 Å². The fraction of sp³-hybridized carbons (Fsp3) is 0.688. The highest BCUT2D eigenvalue weighted by Crippen LogP contribution is 2.29. The minimum atomic E-state index is -2.93. The Morgan fingerprint density at radius 2 is 2.04 bits per heavy atom. The number of morpholine rings is 1. The number of ether oxygens (including phenoxy) is 1. The lowest BCUT2D eigenvalue weighted by Gasteiger charge is -2.23. The molecule has 128 valence electrons. The third-order valence-electron chi connectivity index (χ3n) is 4.97. The van der Waals surface area contributed by atoms with E-state index in [0.29, 0.717) is 26.2 Å². The molecule has 0 amide bonds. The SMILES string of the molecule is Cc1cc(C(=O)C[NH+]2CCOCC2)c(C)n1[C@H]1CCS(=O)(=O)C1. The van der Waals surface area contributed by atoms with Gasteiger partial charge >= 0.3 is 0 Å². The summed E-state index contributed by atoms with van der Waals surface area (Å²) in [6, 6.07) is 1.89. The summed E-state index contributed by atoms with van der Waals surface area (Å²) in [7, 11) is -2.93. The van der Waals surface area contributed by atoms with E-state index in [-0.39, 0.29) is 23.3 Å². The number of carbonyl (C=O) groups is 1. The van der Waals surface area contributed by atoms with Crippen LogP contribution in [0.15, 0.2) is 6.07 Å². The highest BCUT2D eigenvalue weighted by molar-refractivity contribution is 7.91. The first-order valence-corrected chi connectivity index (χ1v) is 10.0. The number of aryl methyl sites for hydroxylation is 1. The number of ketones is 1. The summed E-state index contributed by atoms with van der Waals surface area (Å²) >= 11 is 0. The number of quaternary nitrogens is 1. The Kier molecular flexibility index (Phi) is 4.62. The van der Waals surface area contributed by atoms with Gasteiger partial charge in [0.2, 0.25) is 5.78 Å². The molecule has 1 aromatic rings. The Morgan fingerprint density at radius 1 is 1.35 bits per heavy atom. The van der Waals surface area contributed by atoms with Crippen LogP contribution in [-0.4, -0.2) is 63.1 Å². The van der Waals surface area contributed by atoms with Gasteiger partial charge in [-0.1, -0.05) is 0 Å². The van der Waals surface area contributed by atoms with Crippen LogP contribution in [0.3, 0.4) is 0 Å². The number of Topliss-reactive ketones (excluding diaryl/α,β-unsaturated/α-hetero) is 1. The molecule has 0 aliphatic carbocycles. The summed E-state index contributed by atoms with van der Waals surface area (Å²) in [5.74, 6) is 0.573. The fourth-order valence-electron chi connectivity index (χ4n) is 3.76. The van der Waals surface area contributed by atoms with Crippen LogP contribution in [0.2, 0.25) is 0 Å². The zero-order chi connectivity index (χ0) is 16.6. The number of nitrogens with one attached hydrogen (secondary N) is 1. The largest absolute Gasteiger partial charge is 0.370 e. The van der Waals surface area contributed by atoms with Crippen LogP contribution >= 0.6 is 0 Å². The molecular formula is C16H25N2O4S+. The molecule has 2 aliphatic rings. The second kappa shape index (κ2) is 6.37. The van der Waals surface area contributed by atoms with Gasteiger partial charge in [0.1, 0.15) is 19.6 Å². The van der Waals surface area contributed by atoms with Crippen molar-refractivity contribution < 1.29 is 22.8 Å². The summed E-state index contributed by atoms with van der Waals surface area (Å²) in [6.07, 6.45) is 0.640. The molecule has 2 saturated heterocycles. The summed E-state index contributed by atoms with van der Waals surface area (Å²) in [5.41, 5.74) is 2.62. The van der Waals surface area contributed by atoms with Gasteiger partial charge in [0.25, 0.3) is 0 Å². The number of sulfone groups is 1. The molecule has 1 atom stereocenters. The standard InChI is InChI=1S/C16H24N2O4S/c1-12-9-15(16(19)10-17-4-6-22-7-5-17)13(2)18(12)14-3-8-23(20,21)11-14/h9,14H,3-8,10-11H2,1-2H3/p+1/t14-/m0/s1. The van der Waals surface area contributed by atoms with E-state index in [1.54, 1.807) is 0 Å². The van der Waals surface area contributed by atoms with Gasteiger partial charge in [-0.2, -0.15) is 0 Å². The molecule has 2 aliphatic heterocycles. The van der Waals surface area contributed by atoms with Crippen LogP contribution < -0.4 is 4.90 Å². The molecule has 1 aromatic heterocycles. The molecule has 0 spiro atoms. The first-order chi connectivity index (χ1) is 10.9. The molecule has 3 heterocycles. The van der Waals surface area contributed by atoms with Crippen molar-refractivity contribution in [3.05, 3.63) is 23.0 Å². The van der Waals surface area contributed by atoms with Crippen LogP contribution in [0, 0.1) is 13.8 Å². The van der Waals surface area contributed by atoms with Gasteiger partial charge in [0.15, 0.2) is 9.84 Å². The number of carbonyl (C=O) groups excluding carboxylic acids is 1. The van der Waals surface area contributed by atoms with Crippen molar-refractivity contribution in [3.8, 4) is 0 Å². The van der Waals surface area contributed by atoms with Gasteiger partial charge in [-0.25, -0.2) is 8.42 Å². The number of nitrogens with zero attached hydrogens (tertiary/aromatic N) is 1. The number of aromatic nitrogens is 1. The number of rotatable bonds is 4. The Morgan fingerprint density at radius 3 is 2.65 bits per heavy atom. The molecule has 2 fully saturated rings. The third-order valence-corrected chi connectivity index (χ3v) is 6.72. The van der Waals surface area contributed by atoms with Crippen molar-refractivity contribution >= 4 is 15.6 Å². The van der Waals surface area contributed by atoms with E-state index in [2.05, 4.69) is 0 Å². The first kappa shape index (κ1) is 16.7. The highest BCUT2D eigenvalue weighted by atomic mass is 32.2. The monoisotopic (exact) mass is 341 g/mol. The predicted octanol–water partition coefficient (Wildman–Crippen LogP) is -0.438. The average molecular weight is 341 g/mol. The van der Waals surface area contributed by atoms with Gasteiger partial charge in [0, 0.05) is 23.0 Å². The quantitative estimate of drug-likeness (QED) is 0.754. The van der Waals surface area contributed by atoms with E-state index in [4.69, 9.17) is 4.74 Å². The zero-order valence-corrected chi connectivity index (χ0v) is 14.6. The van der Waals surface area contributed by atoms with E-state index < -0.39 is 9.84 Å². The Balaban J connectivity index is 1.78. The van der Waals surface area contributed by atoms with Crippen LogP contribution in [0.1, 0.15) is 34.2 Å². The smallest absolute Gasteiger partial charge is 0.218 e. The van der Waals surface area contributed by atoms with Gasteiger partial charge in [-0.3, -0.25) is 4.79 Å². The Hall–Kier alpha value is -1.18. The van der Waals surface area contributed by atoms with Gasteiger partial charge < -0.3 is 14.2 Å². The van der Waals surface area contributed by atoms with Gasteiger partial charge in [0.05, 0.1) is 24.7 Å². The maximum Gasteiger partial charge on any atom is 0.218 e. The third kappa shape index (κ3) is 3.51. The lowest BCUT2D eigenvalue weighted by Crippen LogP contribution is -3.14. The molecular weight excluding hydrogens is 316 g/mol. The summed E-state index contributed by atoms with van der Waals surface area (Å²) < 4.78 is 30.9. The second-order valence-electron chi connectivity index (χ2n) is 6.67. The minimum Gasteiger partial charge on any atom is -0.370 e. The van der Waals surface area contributed by atoms with Crippen molar-refractivity contribution in [1.29, 1.82) is 0 Å². The lowest BCUT2D eigenvalue weighted by atomic mass is 10.1. The van der Waals surface area contributed by atoms with Crippen LogP contribution in [0.5, 0.6) is 0 Å². The molecule has 23 heavy (non-hydrogen) atoms. The molecule has 0 unspecified atom stereocenters. The Bertz CT molecular complexity index is 702. The highest BCUT2D eigenvalue weighted by Gasteiger charge is 2.32. The molecule has 3 rings (SSSR count). The van der Waals surface area contributed by atoms with Gasteiger partial charge in [-0.05, 0) is 26.3 Å². The lowest BCUT2D eigenvalue weighted by molar-refractivity contribution is -0.899. The predicted molar refractivity (Wildman–Crippen MR) is 86.9 cm³/mol. The summed E-state index contributed by atoms with van der Waals surface area (Å²) in [4.78, 5) is 13.9. The zero-order valence-electron chi connectivity index (χ0n) is 13.8. The van der Waals surface area contributed by atoms with E-state index in [1.807, 2.05) is 24.5 Å². The van der Waals surface area contributed by atoms with Crippen molar-refractivity contribution in [2.45, 2.75) is 26.3 Å². The van der Waals surface area contributed by atoms with Crippen molar-refractivity contribution in [2.75, 3.05) is 44.4 Å². The molecule has 0 bridgehead atoms. The normalized spacial score (nSPS) is 24.9. The molecule has 0 aromatic carbocycles. The fourth-order valence-corrected chi connectivity index (χ4v) is 5.46. The summed E-state index contributed by atoms with van der Waals surface area (Å²) in [5, 5.41) is 0.